The van der Waals surface area contributed by atoms with Crippen LogP contribution >= 0.6 is 0 Å². The molecule has 1 atom stereocenters. The molecule has 0 saturated heterocycles. The van der Waals surface area contributed by atoms with E-state index in [4.69, 9.17) is 9.47 Å². The van der Waals surface area contributed by atoms with E-state index < -0.39 is 11.6 Å². The van der Waals surface area contributed by atoms with Gasteiger partial charge in [0, 0.05) is 11.1 Å². The number of ether oxygens (including phenoxy) is 2. The Morgan fingerprint density at radius 1 is 1.19 bits per heavy atom. The van der Waals surface area contributed by atoms with Crippen molar-refractivity contribution >= 4 is 11.6 Å². The van der Waals surface area contributed by atoms with Crippen molar-refractivity contribution in [2.24, 2.45) is 0 Å². The van der Waals surface area contributed by atoms with Crippen molar-refractivity contribution in [3.8, 4) is 28.5 Å². The zero-order valence-corrected chi connectivity index (χ0v) is 17.2. The number of aromatic amines is 1. The lowest BCUT2D eigenvalue weighted by molar-refractivity contribution is 0.317. The van der Waals surface area contributed by atoms with E-state index in [9.17, 15) is 9.90 Å². The van der Waals surface area contributed by atoms with E-state index in [-0.39, 0.29) is 5.75 Å². The second-order valence-corrected chi connectivity index (χ2v) is 7.05. The monoisotopic (exact) mass is 433 g/mol. The number of tetrazole rings is 1. The van der Waals surface area contributed by atoms with Gasteiger partial charge in [-0.2, -0.15) is 9.78 Å². The van der Waals surface area contributed by atoms with Gasteiger partial charge >= 0.3 is 0 Å². The fourth-order valence-electron chi connectivity index (χ4n) is 3.79. The smallest absolute Gasteiger partial charge is 0.288 e. The maximum absolute atomic E-state index is 12.7. The highest BCUT2D eigenvalue weighted by atomic mass is 16.5. The van der Waals surface area contributed by atoms with Crippen LogP contribution in [-0.2, 0) is 0 Å². The SMILES string of the molecule is CCOc1cc([C@H]2c3c(-c4ccc(OC)cc4)n[nH]c(=O)c3Nc3nnnn32)ccc1O. The van der Waals surface area contributed by atoms with Gasteiger partial charge < -0.3 is 19.9 Å². The Kier molecular flexibility index (Phi) is 4.70. The summed E-state index contributed by atoms with van der Waals surface area (Å²) < 4.78 is 12.4. The predicted octanol–water partition coefficient (Wildman–Crippen LogP) is 2.23. The number of nitrogens with zero attached hydrogens (tertiary/aromatic N) is 5. The molecule has 0 aliphatic carbocycles. The number of fused-ring (bicyclic) bond motifs is 2. The Morgan fingerprint density at radius 2 is 2.00 bits per heavy atom. The van der Waals surface area contributed by atoms with Gasteiger partial charge in [-0.25, -0.2) is 5.10 Å². The van der Waals surface area contributed by atoms with Gasteiger partial charge in [-0.15, -0.1) is 0 Å². The number of anilines is 2. The molecule has 11 heteroatoms. The van der Waals surface area contributed by atoms with E-state index in [0.29, 0.717) is 46.6 Å². The standard InChI is InChI=1S/C21H19N7O4/c1-3-32-15-10-12(6-9-14(15)29)19-16-17(11-4-7-13(31-2)8-5-11)23-24-20(30)18(16)22-21-25-26-27-28(19)21/h4-10,19,29H,3H2,1-2H3,(H,24,30)(H,22,25,27)/t19-/m0/s1. The van der Waals surface area contributed by atoms with Crippen molar-refractivity contribution in [1.29, 1.82) is 0 Å². The molecule has 0 unspecified atom stereocenters. The van der Waals surface area contributed by atoms with Gasteiger partial charge in [0.15, 0.2) is 11.5 Å². The lowest BCUT2D eigenvalue weighted by Gasteiger charge is -2.28. The number of aromatic nitrogens is 6. The van der Waals surface area contributed by atoms with Gasteiger partial charge in [-0.1, -0.05) is 11.2 Å². The van der Waals surface area contributed by atoms with E-state index in [1.54, 1.807) is 30.0 Å². The maximum Gasteiger partial charge on any atom is 0.288 e. The van der Waals surface area contributed by atoms with Crippen LogP contribution in [0.5, 0.6) is 17.2 Å². The number of rotatable bonds is 5. The highest BCUT2D eigenvalue weighted by molar-refractivity contribution is 5.75. The molecule has 2 aromatic carbocycles. The zero-order chi connectivity index (χ0) is 22.2. The molecular weight excluding hydrogens is 414 g/mol. The Hall–Kier alpha value is -4.41. The summed E-state index contributed by atoms with van der Waals surface area (Å²) in [5.41, 5.74) is 2.51. The molecule has 3 heterocycles. The molecule has 1 aliphatic heterocycles. The van der Waals surface area contributed by atoms with Crippen LogP contribution in [0.15, 0.2) is 47.3 Å². The lowest BCUT2D eigenvalue weighted by atomic mass is 9.92. The first-order valence-corrected chi connectivity index (χ1v) is 9.88. The number of phenolic OH excluding ortho intramolecular Hbond substituents is 1. The van der Waals surface area contributed by atoms with E-state index in [1.165, 1.54) is 0 Å². The molecule has 0 spiro atoms. The Labute approximate surface area is 181 Å². The molecule has 0 radical (unpaired) electrons. The number of benzene rings is 2. The molecule has 32 heavy (non-hydrogen) atoms. The average Bonchev–Trinajstić information content (AvgIpc) is 3.28. The average molecular weight is 433 g/mol. The molecule has 5 rings (SSSR count). The third-order valence-electron chi connectivity index (χ3n) is 5.23. The van der Waals surface area contributed by atoms with Gasteiger partial charge in [-0.3, -0.25) is 4.79 Å². The van der Waals surface area contributed by atoms with Gasteiger partial charge in [0.25, 0.3) is 5.56 Å². The summed E-state index contributed by atoms with van der Waals surface area (Å²) in [6.45, 7) is 2.21. The molecule has 0 bridgehead atoms. The zero-order valence-electron chi connectivity index (χ0n) is 17.2. The first-order valence-electron chi connectivity index (χ1n) is 9.88. The van der Waals surface area contributed by atoms with Gasteiger partial charge in [0.2, 0.25) is 5.95 Å². The minimum absolute atomic E-state index is 0.0149. The predicted molar refractivity (Wildman–Crippen MR) is 114 cm³/mol. The summed E-state index contributed by atoms with van der Waals surface area (Å²) in [4.78, 5) is 12.7. The minimum atomic E-state index is -0.594. The number of methoxy groups -OCH3 is 1. The van der Waals surface area contributed by atoms with Crippen LogP contribution in [0.1, 0.15) is 24.1 Å². The number of hydrogen-bond donors (Lipinski definition) is 3. The molecule has 2 aromatic heterocycles. The Morgan fingerprint density at radius 3 is 2.75 bits per heavy atom. The second-order valence-electron chi connectivity index (χ2n) is 7.05. The van der Waals surface area contributed by atoms with Crippen LogP contribution < -0.4 is 20.3 Å². The van der Waals surface area contributed by atoms with Crippen LogP contribution in [0.25, 0.3) is 11.3 Å². The van der Waals surface area contributed by atoms with E-state index >= 15 is 0 Å². The molecular formula is C21H19N7O4. The second kappa shape index (κ2) is 7.69. The van der Waals surface area contributed by atoms with Crippen molar-refractivity contribution in [1.82, 2.24) is 30.4 Å². The molecule has 162 valence electrons. The van der Waals surface area contributed by atoms with E-state index in [1.807, 2.05) is 31.2 Å². The summed E-state index contributed by atoms with van der Waals surface area (Å²) in [6.07, 6.45) is 0. The molecule has 4 aromatic rings. The normalized spacial score (nSPS) is 14.2. The van der Waals surface area contributed by atoms with Crippen molar-refractivity contribution < 1.29 is 14.6 Å². The highest BCUT2D eigenvalue weighted by Gasteiger charge is 2.34. The number of H-pyrrole nitrogens is 1. The van der Waals surface area contributed by atoms with E-state index in [0.717, 1.165) is 5.56 Å². The van der Waals surface area contributed by atoms with Crippen LogP contribution in [0.2, 0.25) is 0 Å². The fourth-order valence-corrected chi connectivity index (χ4v) is 3.79. The largest absolute Gasteiger partial charge is 0.504 e. The fraction of sp³-hybridized carbons (Fsp3) is 0.190. The molecule has 11 nitrogen and oxygen atoms in total. The molecule has 0 fully saturated rings. The van der Waals surface area contributed by atoms with Crippen molar-refractivity contribution in [2.75, 3.05) is 19.0 Å². The first kappa shape index (κ1) is 19.5. The molecule has 0 saturated carbocycles. The van der Waals surface area contributed by atoms with Crippen molar-refractivity contribution in [3.05, 3.63) is 63.9 Å². The number of aromatic hydroxyl groups is 1. The topological polar surface area (TPSA) is 140 Å². The summed E-state index contributed by atoms with van der Waals surface area (Å²) in [6, 6.07) is 11.7. The number of nitrogens with one attached hydrogen (secondary N) is 2. The number of hydrogen-bond acceptors (Lipinski definition) is 9. The van der Waals surface area contributed by atoms with Gasteiger partial charge in [-0.05, 0) is 59.3 Å². The summed E-state index contributed by atoms with van der Waals surface area (Å²) in [5.74, 6) is 1.35. The summed E-state index contributed by atoms with van der Waals surface area (Å²) in [5, 5.41) is 32.0. The molecule has 3 N–H and O–H groups in total. The molecule has 1 aliphatic rings. The molecule has 0 amide bonds. The quantitative estimate of drug-likeness (QED) is 0.380. The third-order valence-corrected chi connectivity index (χ3v) is 5.23. The van der Waals surface area contributed by atoms with Crippen LogP contribution in [0.3, 0.4) is 0 Å². The summed E-state index contributed by atoms with van der Waals surface area (Å²) in [7, 11) is 1.59. The van der Waals surface area contributed by atoms with Gasteiger partial charge in [0.1, 0.15) is 17.5 Å². The maximum atomic E-state index is 12.7. The third kappa shape index (κ3) is 3.11. The Bertz CT molecular complexity index is 1350. The first-order chi connectivity index (χ1) is 15.6. The summed E-state index contributed by atoms with van der Waals surface area (Å²) >= 11 is 0. The number of phenols is 1. The van der Waals surface area contributed by atoms with Crippen LogP contribution in [0, 0.1) is 0 Å². The van der Waals surface area contributed by atoms with Crippen molar-refractivity contribution in [3.63, 3.8) is 0 Å². The van der Waals surface area contributed by atoms with Crippen LogP contribution in [0.4, 0.5) is 11.6 Å². The minimum Gasteiger partial charge on any atom is -0.504 e. The van der Waals surface area contributed by atoms with E-state index in [2.05, 4.69) is 31.0 Å². The van der Waals surface area contributed by atoms with Crippen molar-refractivity contribution in [2.45, 2.75) is 13.0 Å². The lowest BCUT2D eigenvalue weighted by Crippen LogP contribution is -2.29. The Balaban J connectivity index is 1.76. The van der Waals surface area contributed by atoms with Crippen LogP contribution in [-0.4, -0.2) is 49.2 Å². The van der Waals surface area contributed by atoms with Gasteiger partial charge in [0.05, 0.1) is 19.4 Å². The highest BCUT2D eigenvalue weighted by Crippen LogP contribution is 2.42.